The first-order chi connectivity index (χ1) is 11.5. The van der Waals surface area contributed by atoms with E-state index in [0.717, 1.165) is 17.5 Å². The molecule has 1 heterocycles. The number of carbonyl (C=O) groups is 2. The number of carbonyl (C=O) groups excluding carboxylic acids is 2. The van der Waals surface area contributed by atoms with Crippen molar-refractivity contribution in [3.05, 3.63) is 59.2 Å². The van der Waals surface area contributed by atoms with Crippen molar-refractivity contribution >= 4 is 11.9 Å². The topological polar surface area (TPSA) is 81.2 Å². The van der Waals surface area contributed by atoms with E-state index in [0.29, 0.717) is 5.69 Å². The third kappa shape index (κ3) is 4.87. The molecule has 6 nitrogen and oxygen atoms in total. The summed E-state index contributed by atoms with van der Waals surface area (Å²) in [5, 5.41) is 2.87. The highest BCUT2D eigenvalue weighted by atomic mass is 16.5. The normalized spacial score (nSPS) is 11.6. The molecule has 0 spiro atoms. The Morgan fingerprint density at radius 3 is 2.42 bits per heavy atom. The Kier molecular flexibility index (Phi) is 6.01. The maximum absolute atomic E-state index is 12.0. The highest BCUT2D eigenvalue weighted by Crippen LogP contribution is 2.17. The summed E-state index contributed by atoms with van der Waals surface area (Å²) in [6.45, 7) is 5.41. The second-order valence-corrected chi connectivity index (χ2v) is 5.56. The molecule has 1 aromatic carbocycles. The fraction of sp³-hybridized carbons (Fsp3) is 0.333. The molecule has 0 saturated heterocycles. The van der Waals surface area contributed by atoms with E-state index < -0.39 is 5.97 Å². The molecule has 2 aromatic rings. The average molecular weight is 327 g/mol. The number of hydrogen-bond acceptors (Lipinski definition) is 5. The van der Waals surface area contributed by atoms with Crippen LogP contribution in [-0.2, 0) is 9.53 Å². The van der Waals surface area contributed by atoms with Crippen molar-refractivity contribution in [3.8, 4) is 0 Å². The monoisotopic (exact) mass is 327 g/mol. The van der Waals surface area contributed by atoms with Crippen molar-refractivity contribution in [1.29, 1.82) is 0 Å². The number of aryl methyl sites for hydroxylation is 2. The van der Waals surface area contributed by atoms with Crippen molar-refractivity contribution in [3.63, 3.8) is 0 Å². The Morgan fingerprint density at radius 1 is 1.12 bits per heavy atom. The van der Waals surface area contributed by atoms with Crippen LogP contribution in [0.5, 0.6) is 0 Å². The van der Waals surface area contributed by atoms with Crippen molar-refractivity contribution in [2.75, 3.05) is 6.61 Å². The summed E-state index contributed by atoms with van der Waals surface area (Å²) in [5.41, 5.74) is 2.97. The van der Waals surface area contributed by atoms with Crippen LogP contribution in [0.25, 0.3) is 0 Å². The van der Waals surface area contributed by atoms with Crippen molar-refractivity contribution in [1.82, 2.24) is 15.3 Å². The molecule has 126 valence electrons. The van der Waals surface area contributed by atoms with E-state index in [1.165, 1.54) is 12.4 Å². The fourth-order valence-electron chi connectivity index (χ4n) is 2.16. The quantitative estimate of drug-likeness (QED) is 0.825. The predicted octanol–water partition coefficient (Wildman–Crippen LogP) is 2.52. The molecule has 0 saturated carbocycles. The standard InChI is InChI=1S/C18H21N3O3/c1-4-15(14-7-5-12(2)6-8-14)21-17(22)11-24-18(23)16-10-19-13(3)9-20-16/h5-10,15H,4,11H2,1-3H3,(H,21,22)/t15-/m0/s1. The van der Waals surface area contributed by atoms with E-state index >= 15 is 0 Å². The zero-order valence-corrected chi connectivity index (χ0v) is 14.1. The number of rotatable bonds is 6. The van der Waals surface area contributed by atoms with Gasteiger partial charge in [-0.05, 0) is 25.8 Å². The molecule has 0 aliphatic carbocycles. The van der Waals surface area contributed by atoms with Crippen LogP contribution in [0.1, 0.15) is 46.7 Å². The Hall–Kier alpha value is -2.76. The summed E-state index contributed by atoms with van der Waals surface area (Å²) in [5.74, 6) is -1.02. The Bertz CT molecular complexity index is 696. The Morgan fingerprint density at radius 2 is 1.83 bits per heavy atom. The summed E-state index contributed by atoms with van der Waals surface area (Å²) in [6, 6.07) is 7.85. The number of hydrogen-bond donors (Lipinski definition) is 1. The molecular weight excluding hydrogens is 306 g/mol. The second kappa shape index (κ2) is 8.19. The maximum atomic E-state index is 12.0. The van der Waals surface area contributed by atoms with Crippen molar-refractivity contribution in [2.45, 2.75) is 33.2 Å². The summed E-state index contributed by atoms with van der Waals surface area (Å²) >= 11 is 0. The van der Waals surface area contributed by atoms with E-state index in [4.69, 9.17) is 4.74 Å². The lowest BCUT2D eigenvalue weighted by Gasteiger charge is -2.17. The number of esters is 1. The molecule has 1 N–H and O–H groups in total. The van der Waals surface area contributed by atoms with Gasteiger partial charge >= 0.3 is 5.97 Å². The van der Waals surface area contributed by atoms with Crippen molar-refractivity contribution < 1.29 is 14.3 Å². The van der Waals surface area contributed by atoms with Gasteiger partial charge in [-0.1, -0.05) is 36.8 Å². The molecule has 2 rings (SSSR count). The Labute approximate surface area is 141 Å². The van der Waals surface area contributed by atoms with Gasteiger partial charge in [-0.3, -0.25) is 9.78 Å². The lowest BCUT2D eigenvalue weighted by atomic mass is 10.0. The molecule has 24 heavy (non-hydrogen) atoms. The molecular formula is C18H21N3O3. The third-order valence-electron chi connectivity index (χ3n) is 3.55. The van der Waals surface area contributed by atoms with Gasteiger partial charge in [0.1, 0.15) is 0 Å². The van der Waals surface area contributed by atoms with E-state index in [1.54, 1.807) is 6.92 Å². The number of benzene rings is 1. The SMILES string of the molecule is CC[C@H](NC(=O)COC(=O)c1cnc(C)cn1)c1ccc(C)cc1. The summed E-state index contributed by atoms with van der Waals surface area (Å²) in [4.78, 5) is 31.7. The van der Waals surface area contributed by atoms with Gasteiger partial charge in [0.2, 0.25) is 0 Å². The average Bonchev–Trinajstić information content (AvgIpc) is 2.59. The molecule has 0 aliphatic rings. The van der Waals surface area contributed by atoms with E-state index in [-0.39, 0.29) is 24.2 Å². The first-order valence-electron chi connectivity index (χ1n) is 7.81. The number of amides is 1. The minimum atomic E-state index is -0.666. The lowest BCUT2D eigenvalue weighted by molar-refractivity contribution is -0.125. The first kappa shape index (κ1) is 17.6. The van der Waals surface area contributed by atoms with Gasteiger partial charge in [-0.25, -0.2) is 9.78 Å². The van der Waals surface area contributed by atoms with Gasteiger partial charge in [-0.15, -0.1) is 0 Å². The van der Waals surface area contributed by atoms with E-state index in [9.17, 15) is 9.59 Å². The highest BCUT2D eigenvalue weighted by Gasteiger charge is 2.15. The molecule has 0 fully saturated rings. The number of nitrogens with zero attached hydrogens (tertiary/aromatic N) is 2. The minimum absolute atomic E-state index is 0.0824. The molecule has 1 amide bonds. The van der Waals surface area contributed by atoms with Crippen molar-refractivity contribution in [2.24, 2.45) is 0 Å². The Balaban J connectivity index is 1.88. The van der Waals surface area contributed by atoms with Crippen LogP contribution in [-0.4, -0.2) is 28.5 Å². The minimum Gasteiger partial charge on any atom is -0.451 e. The van der Waals surface area contributed by atoms with Gasteiger partial charge in [0.25, 0.3) is 5.91 Å². The summed E-state index contributed by atoms with van der Waals surface area (Å²) < 4.78 is 4.98. The van der Waals surface area contributed by atoms with Crippen LogP contribution in [0.3, 0.4) is 0 Å². The van der Waals surface area contributed by atoms with Crippen LogP contribution in [0.4, 0.5) is 0 Å². The van der Waals surface area contributed by atoms with Gasteiger partial charge < -0.3 is 10.1 Å². The number of aromatic nitrogens is 2. The van der Waals surface area contributed by atoms with E-state index in [1.807, 2.05) is 38.1 Å². The largest absolute Gasteiger partial charge is 0.451 e. The summed E-state index contributed by atoms with van der Waals surface area (Å²) in [6.07, 6.45) is 3.55. The van der Waals surface area contributed by atoms with Crippen LogP contribution in [0, 0.1) is 13.8 Å². The number of ether oxygens (including phenoxy) is 1. The molecule has 0 bridgehead atoms. The van der Waals surface area contributed by atoms with Crippen LogP contribution >= 0.6 is 0 Å². The molecule has 0 radical (unpaired) electrons. The van der Waals surface area contributed by atoms with Gasteiger partial charge in [-0.2, -0.15) is 0 Å². The molecule has 1 atom stereocenters. The highest BCUT2D eigenvalue weighted by molar-refractivity contribution is 5.89. The third-order valence-corrected chi connectivity index (χ3v) is 3.55. The zero-order chi connectivity index (χ0) is 17.5. The predicted molar refractivity (Wildman–Crippen MR) is 89.4 cm³/mol. The van der Waals surface area contributed by atoms with Crippen LogP contribution in [0.2, 0.25) is 0 Å². The second-order valence-electron chi connectivity index (χ2n) is 5.56. The van der Waals surface area contributed by atoms with Gasteiger partial charge in [0, 0.05) is 6.20 Å². The van der Waals surface area contributed by atoms with Crippen LogP contribution in [0.15, 0.2) is 36.7 Å². The summed E-state index contributed by atoms with van der Waals surface area (Å²) in [7, 11) is 0. The molecule has 1 aromatic heterocycles. The maximum Gasteiger partial charge on any atom is 0.359 e. The van der Waals surface area contributed by atoms with Gasteiger partial charge in [0.05, 0.1) is 17.9 Å². The molecule has 0 unspecified atom stereocenters. The van der Waals surface area contributed by atoms with Crippen LogP contribution < -0.4 is 5.32 Å². The fourth-order valence-corrected chi connectivity index (χ4v) is 2.16. The zero-order valence-electron chi connectivity index (χ0n) is 14.1. The molecule has 0 aliphatic heterocycles. The smallest absolute Gasteiger partial charge is 0.359 e. The van der Waals surface area contributed by atoms with Gasteiger partial charge in [0.15, 0.2) is 12.3 Å². The lowest BCUT2D eigenvalue weighted by Crippen LogP contribution is -2.32. The van der Waals surface area contributed by atoms with E-state index in [2.05, 4.69) is 15.3 Å². The number of nitrogens with one attached hydrogen (secondary N) is 1. The molecule has 6 heteroatoms. The first-order valence-corrected chi connectivity index (χ1v) is 7.81.